The third-order valence-electron chi connectivity index (χ3n) is 3.23. The van der Waals surface area contributed by atoms with Crippen LogP contribution in [0.3, 0.4) is 0 Å². The molecule has 0 aromatic heterocycles. The van der Waals surface area contributed by atoms with Gasteiger partial charge in [-0.05, 0) is 6.42 Å². The first-order valence-electron chi connectivity index (χ1n) is 5.95. The zero-order valence-corrected chi connectivity index (χ0v) is 10.2. The fourth-order valence-electron chi connectivity index (χ4n) is 2.12. The summed E-state index contributed by atoms with van der Waals surface area (Å²) < 4.78 is 0. The lowest BCUT2D eigenvalue weighted by Crippen LogP contribution is -2.52. The van der Waals surface area contributed by atoms with Crippen molar-refractivity contribution < 1.29 is 19.8 Å². The van der Waals surface area contributed by atoms with Gasteiger partial charge in [-0.25, -0.2) is 4.79 Å². The van der Waals surface area contributed by atoms with E-state index in [-0.39, 0.29) is 5.56 Å². The molecule has 0 fully saturated rings. The zero-order valence-electron chi connectivity index (χ0n) is 10.2. The van der Waals surface area contributed by atoms with Gasteiger partial charge in [0.25, 0.3) is 0 Å². The lowest BCUT2D eigenvalue weighted by Gasteiger charge is -2.29. The van der Waals surface area contributed by atoms with Crippen LogP contribution in [0.15, 0.2) is 54.6 Å². The minimum Gasteiger partial charge on any atom is -0.479 e. The van der Waals surface area contributed by atoms with Gasteiger partial charge in [0.2, 0.25) is 11.4 Å². The maximum Gasteiger partial charge on any atom is 0.344 e. The topological polar surface area (TPSA) is 74.6 Å². The number of aliphatic carboxylic acids is 1. The van der Waals surface area contributed by atoms with Crippen LogP contribution in [0.25, 0.3) is 0 Å². The first kappa shape index (κ1) is 13.2. The molecule has 0 spiro atoms. The van der Waals surface area contributed by atoms with Crippen LogP contribution in [-0.2, 0) is 4.79 Å². The Labute approximate surface area is 110 Å². The molecular formula is C15H14O4. The van der Waals surface area contributed by atoms with Crippen LogP contribution in [0.2, 0.25) is 0 Å². The molecule has 2 unspecified atom stereocenters. The van der Waals surface area contributed by atoms with Crippen LogP contribution >= 0.6 is 0 Å². The van der Waals surface area contributed by atoms with E-state index < -0.39 is 23.3 Å². The summed E-state index contributed by atoms with van der Waals surface area (Å²) in [6.45, 7) is 0. The van der Waals surface area contributed by atoms with E-state index in [1.165, 1.54) is 12.1 Å². The van der Waals surface area contributed by atoms with Crippen molar-refractivity contribution in [2.24, 2.45) is 5.92 Å². The summed E-state index contributed by atoms with van der Waals surface area (Å²) in [4.78, 5) is 23.7. The maximum absolute atomic E-state index is 12.3. The summed E-state index contributed by atoms with van der Waals surface area (Å²) in [5.74, 6) is -3.07. The molecule has 19 heavy (non-hydrogen) atoms. The van der Waals surface area contributed by atoms with Crippen LogP contribution < -0.4 is 0 Å². The summed E-state index contributed by atoms with van der Waals surface area (Å²) in [5, 5.41) is 19.7. The number of hydrogen-bond donors (Lipinski definition) is 2. The molecule has 0 radical (unpaired) electrons. The molecule has 1 aliphatic rings. The van der Waals surface area contributed by atoms with Gasteiger partial charge >= 0.3 is 5.97 Å². The normalized spacial score (nSPS) is 20.8. The molecule has 0 amide bonds. The number of Topliss-reactive ketones (excluding diaryl/α,β-unsaturated/α-hetero) is 1. The van der Waals surface area contributed by atoms with Crippen LogP contribution in [0.4, 0.5) is 0 Å². The monoisotopic (exact) mass is 258 g/mol. The Morgan fingerprint density at radius 3 is 2.37 bits per heavy atom. The molecule has 98 valence electrons. The number of allylic oxidation sites excluding steroid dienone is 3. The Bertz CT molecular complexity index is 545. The molecule has 2 atom stereocenters. The van der Waals surface area contributed by atoms with Crippen molar-refractivity contribution in [1.82, 2.24) is 0 Å². The van der Waals surface area contributed by atoms with Crippen molar-refractivity contribution in [2.45, 2.75) is 12.0 Å². The maximum atomic E-state index is 12.3. The Balaban J connectivity index is 2.40. The van der Waals surface area contributed by atoms with Crippen molar-refractivity contribution >= 4 is 11.8 Å². The summed E-state index contributed by atoms with van der Waals surface area (Å²) in [6, 6.07) is 7.98. The van der Waals surface area contributed by atoms with Gasteiger partial charge in [0.1, 0.15) is 0 Å². The number of aliphatic hydroxyl groups is 1. The second-order valence-electron chi connectivity index (χ2n) is 4.42. The minimum absolute atomic E-state index is 0.190. The number of carboxylic acid groups (broad SMARTS) is 1. The van der Waals surface area contributed by atoms with Gasteiger partial charge < -0.3 is 10.2 Å². The highest BCUT2D eigenvalue weighted by molar-refractivity contribution is 6.15. The number of ketones is 1. The number of benzene rings is 1. The highest BCUT2D eigenvalue weighted by Gasteiger charge is 2.49. The van der Waals surface area contributed by atoms with E-state index in [2.05, 4.69) is 0 Å². The van der Waals surface area contributed by atoms with Crippen LogP contribution in [0.5, 0.6) is 0 Å². The lowest BCUT2D eigenvalue weighted by molar-refractivity contribution is -0.156. The average molecular weight is 258 g/mol. The number of hydrogen-bond acceptors (Lipinski definition) is 3. The van der Waals surface area contributed by atoms with Gasteiger partial charge in [-0.1, -0.05) is 54.6 Å². The molecule has 0 heterocycles. The first-order valence-corrected chi connectivity index (χ1v) is 5.95. The summed E-state index contributed by atoms with van der Waals surface area (Å²) in [7, 11) is 0. The summed E-state index contributed by atoms with van der Waals surface area (Å²) in [6.07, 6.45) is 7.00. The highest BCUT2D eigenvalue weighted by Crippen LogP contribution is 2.29. The van der Waals surface area contributed by atoms with Crippen molar-refractivity contribution in [3.8, 4) is 0 Å². The molecule has 0 saturated carbocycles. The largest absolute Gasteiger partial charge is 0.479 e. The fourth-order valence-corrected chi connectivity index (χ4v) is 2.12. The van der Waals surface area contributed by atoms with Gasteiger partial charge in [0, 0.05) is 11.5 Å². The smallest absolute Gasteiger partial charge is 0.344 e. The zero-order chi connectivity index (χ0) is 13.9. The minimum atomic E-state index is -2.43. The molecule has 1 aliphatic carbocycles. The molecule has 1 aromatic carbocycles. The summed E-state index contributed by atoms with van der Waals surface area (Å²) >= 11 is 0. The van der Waals surface area contributed by atoms with E-state index in [0.717, 1.165) is 0 Å². The Morgan fingerprint density at radius 1 is 1.16 bits per heavy atom. The van der Waals surface area contributed by atoms with Gasteiger partial charge in [0.05, 0.1) is 0 Å². The molecule has 0 bridgehead atoms. The molecule has 2 rings (SSSR count). The number of carboxylic acids is 1. The van der Waals surface area contributed by atoms with Crippen molar-refractivity contribution in [3.05, 3.63) is 60.2 Å². The van der Waals surface area contributed by atoms with Crippen molar-refractivity contribution in [3.63, 3.8) is 0 Å². The van der Waals surface area contributed by atoms with Crippen molar-refractivity contribution in [1.29, 1.82) is 0 Å². The molecule has 4 nitrogen and oxygen atoms in total. The quantitative estimate of drug-likeness (QED) is 0.638. The predicted molar refractivity (Wildman–Crippen MR) is 69.7 cm³/mol. The molecule has 1 aromatic rings. The number of carbonyl (C=O) groups excluding carboxylic acids is 1. The lowest BCUT2D eigenvalue weighted by atomic mass is 9.78. The highest BCUT2D eigenvalue weighted by atomic mass is 16.4. The Hall–Kier alpha value is -2.20. The molecular weight excluding hydrogens is 244 g/mol. The van der Waals surface area contributed by atoms with Gasteiger partial charge in [-0.3, -0.25) is 4.79 Å². The summed E-state index contributed by atoms with van der Waals surface area (Å²) in [5.41, 5.74) is -2.24. The van der Waals surface area contributed by atoms with Gasteiger partial charge in [-0.15, -0.1) is 0 Å². The van der Waals surface area contributed by atoms with E-state index >= 15 is 0 Å². The molecule has 2 N–H and O–H groups in total. The fraction of sp³-hybridized carbons (Fsp3) is 0.200. The van der Waals surface area contributed by atoms with E-state index in [9.17, 15) is 19.8 Å². The standard InChI is InChI=1S/C15H14O4/c16-13(11-7-3-1-4-8-11)15(19,14(17)18)12-9-5-2-6-10-12/h1-9,12,19H,10H2,(H,17,18). The first-order chi connectivity index (χ1) is 9.06. The van der Waals surface area contributed by atoms with Gasteiger partial charge in [-0.2, -0.15) is 0 Å². The van der Waals surface area contributed by atoms with E-state index in [1.807, 2.05) is 0 Å². The Morgan fingerprint density at radius 2 is 1.84 bits per heavy atom. The van der Waals surface area contributed by atoms with E-state index in [0.29, 0.717) is 6.42 Å². The second-order valence-corrected chi connectivity index (χ2v) is 4.42. The second kappa shape index (κ2) is 5.20. The van der Waals surface area contributed by atoms with E-state index in [4.69, 9.17) is 0 Å². The molecule has 0 saturated heterocycles. The predicted octanol–water partition coefficient (Wildman–Crippen LogP) is 1.82. The number of carbonyl (C=O) groups is 2. The third kappa shape index (κ3) is 2.35. The molecule has 4 heteroatoms. The SMILES string of the molecule is O=C(O)C(O)(C(=O)c1ccccc1)C1C=CC=CC1. The van der Waals surface area contributed by atoms with Crippen LogP contribution in [0.1, 0.15) is 16.8 Å². The van der Waals surface area contributed by atoms with Crippen LogP contribution in [0, 0.1) is 5.92 Å². The molecule has 0 aliphatic heterocycles. The number of rotatable bonds is 4. The van der Waals surface area contributed by atoms with Gasteiger partial charge in [0.15, 0.2) is 0 Å². The Kier molecular flexibility index (Phi) is 3.62. The van der Waals surface area contributed by atoms with E-state index in [1.54, 1.807) is 42.5 Å². The van der Waals surface area contributed by atoms with Crippen molar-refractivity contribution in [2.75, 3.05) is 0 Å². The third-order valence-corrected chi connectivity index (χ3v) is 3.23. The average Bonchev–Trinajstić information content (AvgIpc) is 2.47. The van der Waals surface area contributed by atoms with Crippen LogP contribution in [-0.4, -0.2) is 27.6 Å².